The lowest BCUT2D eigenvalue weighted by molar-refractivity contribution is -0.123. The van der Waals surface area contributed by atoms with Crippen LogP contribution >= 0.6 is 11.6 Å². The third kappa shape index (κ3) is 4.46. The fourth-order valence-electron chi connectivity index (χ4n) is 3.62. The Kier molecular flexibility index (Phi) is 5.92. The predicted molar refractivity (Wildman–Crippen MR) is 91.5 cm³/mol. The molecule has 5 heteroatoms. The molecule has 0 bridgehead atoms. The number of halogens is 1. The first-order valence-corrected chi connectivity index (χ1v) is 8.97. The van der Waals surface area contributed by atoms with Gasteiger partial charge in [0.1, 0.15) is 0 Å². The van der Waals surface area contributed by atoms with Gasteiger partial charge < -0.3 is 10.1 Å². The van der Waals surface area contributed by atoms with Gasteiger partial charge >= 0.3 is 0 Å². The molecule has 2 aliphatic rings. The first kappa shape index (κ1) is 16.7. The molecule has 2 fully saturated rings. The van der Waals surface area contributed by atoms with Crippen LogP contribution in [0.5, 0.6) is 0 Å². The normalized spacial score (nSPS) is 24.9. The maximum absolute atomic E-state index is 12.1. The number of ether oxygens (including phenoxy) is 1. The maximum atomic E-state index is 12.1. The van der Waals surface area contributed by atoms with Crippen molar-refractivity contribution < 1.29 is 9.53 Å². The van der Waals surface area contributed by atoms with Crippen molar-refractivity contribution in [3.63, 3.8) is 0 Å². The molecule has 0 aromatic heterocycles. The van der Waals surface area contributed by atoms with Gasteiger partial charge in [0, 0.05) is 37.1 Å². The van der Waals surface area contributed by atoms with Crippen LogP contribution in [0, 0.1) is 0 Å². The molecule has 1 amide bonds. The summed E-state index contributed by atoms with van der Waals surface area (Å²) in [5.74, 6) is 0.0868. The molecule has 126 valence electrons. The largest absolute Gasteiger partial charge is 0.375 e. The summed E-state index contributed by atoms with van der Waals surface area (Å²) < 4.78 is 5.88. The number of morpholine rings is 1. The second kappa shape index (κ2) is 8.13. The van der Waals surface area contributed by atoms with Crippen molar-refractivity contribution in [1.82, 2.24) is 10.2 Å². The Hall–Kier alpha value is -1.10. The molecule has 1 aromatic carbocycles. The molecule has 23 heavy (non-hydrogen) atoms. The average Bonchev–Trinajstić information content (AvgIpc) is 2.59. The molecule has 2 atom stereocenters. The Morgan fingerprint density at radius 2 is 2.13 bits per heavy atom. The molecule has 1 N–H and O–H groups in total. The zero-order chi connectivity index (χ0) is 16.1. The monoisotopic (exact) mass is 336 g/mol. The van der Waals surface area contributed by atoms with Crippen molar-refractivity contribution in [2.24, 2.45) is 0 Å². The standard InChI is InChI=1S/C18H25ClN2O2/c19-15-6-2-1-5-14(15)13-20-18(22)9-10-21-11-12-23-17-8-4-3-7-16(17)21/h1-2,5-6,16-17H,3-4,7-13H2,(H,20,22). The van der Waals surface area contributed by atoms with E-state index >= 15 is 0 Å². The number of hydrogen-bond donors (Lipinski definition) is 1. The number of hydrogen-bond acceptors (Lipinski definition) is 3. The molecule has 4 nitrogen and oxygen atoms in total. The van der Waals surface area contributed by atoms with Crippen molar-refractivity contribution in [2.75, 3.05) is 19.7 Å². The summed E-state index contributed by atoms with van der Waals surface area (Å²) >= 11 is 6.11. The van der Waals surface area contributed by atoms with E-state index in [0.29, 0.717) is 30.1 Å². The van der Waals surface area contributed by atoms with Gasteiger partial charge in [-0.1, -0.05) is 42.6 Å². The highest BCUT2D eigenvalue weighted by molar-refractivity contribution is 6.31. The van der Waals surface area contributed by atoms with Crippen molar-refractivity contribution in [3.05, 3.63) is 34.9 Å². The van der Waals surface area contributed by atoms with Crippen LogP contribution in [0.4, 0.5) is 0 Å². The summed E-state index contributed by atoms with van der Waals surface area (Å²) in [6.07, 6.45) is 5.83. The fraction of sp³-hybridized carbons (Fsp3) is 0.611. The van der Waals surface area contributed by atoms with Gasteiger partial charge in [-0.3, -0.25) is 9.69 Å². The quantitative estimate of drug-likeness (QED) is 0.898. The van der Waals surface area contributed by atoms with E-state index in [2.05, 4.69) is 10.2 Å². The van der Waals surface area contributed by atoms with Gasteiger partial charge in [-0.05, 0) is 24.5 Å². The van der Waals surface area contributed by atoms with Crippen LogP contribution in [-0.4, -0.2) is 42.6 Å². The maximum Gasteiger partial charge on any atom is 0.221 e. The van der Waals surface area contributed by atoms with Crippen LogP contribution in [0.2, 0.25) is 5.02 Å². The van der Waals surface area contributed by atoms with Gasteiger partial charge in [-0.15, -0.1) is 0 Å². The summed E-state index contributed by atoms with van der Waals surface area (Å²) in [4.78, 5) is 14.6. The summed E-state index contributed by atoms with van der Waals surface area (Å²) in [6.45, 7) is 3.05. The summed E-state index contributed by atoms with van der Waals surface area (Å²) in [7, 11) is 0. The molecule has 1 heterocycles. The average molecular weight is 337 g/mol. The van der Waals surface area contributed by atoms with Crippen LogP contribution in [0.3, 0.4) is 0 Å². The number of carbonyl (C=O) groups is 1. The van der Waals surface area contributed by atoms with Gasteiger partial charge in [0.25, 0.3) is 0 Å². The molecule has 1 aliphatic heterocycles. The van der Waals surface area contributed by atoms with E-state index in [1.54, 1.807) is 0 Å². The summed E-state index contributed by atoms with van der Waals surface area (Å²) in [5, 5.41) is 3.67. The Bertz CT molecular complexity index is 536. The Morgan fingerprint density at radius 1 is 1.30 bits per heavy atom. The Labute approximate surface area is 143 Å². The minimum Gasteiger partial charge on any atom is -0.375 e. The number of nitrogens with one attached hydrogen (secondary N) is 1. The van der Waals surface area contributed by atoms with Gasteiger partial charge in [0.2, 0.25) is 5.91 Å². The van der Waals surface area contributed by atoms with E-state index in [1.165, 1.54) is 25.7 Å². The minimum atomic E-state index is 0.0868. The van der Waals surface area contributed by atoms with E-state index in [0.717, 1.165) is 25.3 Å². The SMILES string of the molecule is O=C(CCN1CCOC2CCCCC21)NCc1ccccc1Cl. The lowest BCUT2D eigenvalue weighted by atomic mass is 9.90. The Morgan fingerprint density at radius 3 is 3.00 bits per heavy atom. The first-order chi connectivity index (χ1) is 11.2. The molecule has 0 radical (unpaired) electrons. The first-order valence-electron chi connectivity index (χ1n) is 8.60. The number of carbonyl (C=O) groups excluding carboxylic acids is 1. The second-order valence-corrected chi connectivity index (χ2v) is 6.82. The Balaban J connectivity index is 1.44. The highest BCUT2D eigenvalue weighted by atomic mass is 35.5. The van der Waals surface area contributed by atoms with E-state index < -0.39 is 0 Å². The molecular formula is C18H25ClN2O2. The smallest absolute Gasteiger partial charge is 0.221 e. The fourth-order valence-corrected chi connectivity index (χ4v) is 3.83. The van der Waals surface area contributed by atoms with Gasteiger partial charge in [0.05, 0.1) is 12.7 Å². The molecular weight excluding hydrogens is 312 g/mol. The predicted octanol–water partition coefficient (Wildman–Crippen LogP) is 2.99. The lowest BCUT2D eigenvalue weighted by Crippen LogP contribution is -2.53. The molecule has 1 saturated carbocycles. The van der Waals surface area contributed by atoms with E-state index in [9.17, 15) is 4.79 Å². The molecule has 0 spiro atoms. The number of amides is 1. The summed E-state index contributed by atoms with van der Waals surface area (Å²) in [6, 6.07) is 8.13. The number of nitrogens with zero attached hydrogens (tertiary/aromatic N) is 1. The third-order valence-electron chi connectivity index (χ3n) is 4.91. The van der Waals surface area contributed by atoms with Crippen LogP contribution in [0.25, 0.3) is 0 Å². The van der Waals surface area contributed by atoms with Crippen molar-refractivity contribution in [3.8, 4) is 0 Å². The van der Waals surface area contributed by atoms with E-state index in [1.807, 2.05) is 24.3 Å². The topological polar surface area (TPSA) is 41.6 Å². The molecule has 1 aliphatic carbocycles. The number of fused-ring (bicyclic) bond motifs is 1. The highest BCUT2D eigenvalue weighted by Gasteiger charge is 2.33. The summed E-state index contributed by atoms with van der Waals surface area (Å²) in [5.41, 5.74) is 0.959. The van der Waals surface area contributed by atoms with Crippen LogP contribution in [0.1, 0.15) is 37.7 Å². The van der Waals surface area contributed by atoms with Crippen molar-refractivity contribution in [1.29, 1.82) is 0 Å². The second-order valence-electron chi connectivity index (χ2n) is 6.42. The highest BCUT2D eigenvalue weighted by Crippen LogP contribution is 2.28. The zero-order valence-electron chi connectivity index (χ0n) is 13.5. The van der Waals surface area contributed by atoms with Gasteiger partial charge in [-0.2, -0.15) is 0 Å². The molecule has 3 rings (SSSR count). The van der Waals surface area contributed by atoms with E-state index in [4.69, 9.17) is 16.3 Å². The van der Waals surface area contributed by atoms with Crippen molar-refractivity contribution in [2.45, 2.75) is 50.8 Å². The van der Waals surface area contributed by atoms with Gasteiger partial charge in [0.15, 0.2) is 0 Å². The van der Waals surface area contributed by atoms with Crippen LogP contribution < -0.4 is 5.32 Å². The third-order valence-corrected chi connectivity index (χ3v) is 5.28. The lowest BCUT2D eigenvalue weighted by Gasteiger charge is -2.43. The number of rotatable bonds is 5. The molecule has 1 aromatic rings. The minimum absolute atomic E-state index is 0.0868. The molecule has 2 unspecified atom stereocenters. The van der Waals surface area contributed by atoms with Crippen LogP contribution in [0.15, 0.2) is 24.3 Å². The van der Waals surface area contributed by atoms with Crippen molar-refractivity contribution >= 4 is 17.5 Å². The molecule has 1 saturated heterocycles. The van der Waals surface area contributed by atoms with E-state index in [-0.39, 0.29) is 5.91 Å². The van der Waals surface area contributed by atoms with Gasteiger partial charge in [-0.25, -0.2) is 0 Å². The number of benzene rings is 1. The van der Waals surface area contributed by atoms with Crippen LogP contribution in [-0.2, 0) is 16.1 Å². The zero-order valence-corrected chi connectivity index (χ0v) is 14.2.